The molecule has 0 unspecified atom stereocenters. The van der Waals surface area contributed by atoms with Crippen molar-refractivity contribution in [3.63, 3.8) is 0 Å². The van der Waals surface area contributed by atoms with Gasteiger partial charge in [-0.1, -0.05) is 78.9 Å². The monoisotopic (exact) mass is 408 g/mol. The van der Waals surface area contributed by atoms with Crippen LogP contribution in [0, 0.1) is 0 Å². The van der Waals surface area contributed by atoms with E-state index in [0.717, 1.165) is 22.5 Å². The molecule has 0 aliphatic heterocycles. The third-order valence-electron chi connectivity index (χ3n) is 5.96. The first kappa shape index (κ1) is 18.5. The summed E-state index contributed by atoms with van der Waals surface area (Å²) in [6.07, 6.45) is 3.73. The van der Waals surface area contributed by atoms with Crippen molar-refractivity contribution in [3.05, 3.63) is 122 Å². The molecule has 0 saturated heterocycles. The number of aromatic nitrogens is 2. The van der Waals surface area contributed by atoms with Crippen molar-refractivity contribution >= 4 is 21.5 Å². The van der Waals surface area contributed by atoms with Gasteiger partial charge in [-0.15, -0.1) is 0 Å². The Hall–Kier alpha value is -4.30. The highest BCUT2D eigenvalue weighted by Gasteiger charge is 2.10. The minimum absolute atomic E-state index is 0.982. The number of rotatable bonds is 3. The van der Waals surface area contributed by atoms with Crippen LogP contribution >= 0.6 is 0 Å². The molecule has 2 aromatic heterocycles. The number of pyridine rings is 2. The highest BCUT2D eigenvalue weighted by Crippen LogP contribution is 2.35. The number of benzene rings is 4. The van der Waals surface area contributed by atoms with E-state index in [0.29, 0.717) is 0 Å². The number of hydrogen-bond donors (Lipinski definition) is 0. The normalized spacial score (nSPS) is 11.1. The summed E-state index contributed by atoms with van der Waals surface area (Å²) < 4.78 is 0. The second-order valence-electron chi connectivity index (χ2n) is 7.92. The van der Waals surface area contributed by atoms with Gasteiger partial charge in [0.05, 0.1) is 11.4 Å². The lowest BCUT2D eigenvalue weighted by molar-refractivity contribution is 1.33. The van der Waals surface area contributed by atoms with E-state index in [4.69, 9.17) is 4.98 Å². The third-order valence-corrected chi connectivity index (χ3v) is 5.96. The van der Waals surface area contributed by atoms with E-state index in [1.54, 1.807) is 0 Å². The molecule has 0 N–H and O–H groups in total. The van der Waals surface area contributed by atoms with Crippen molar-refractivity contribution in [2.45, 2.75) is 0 Å². The van der Waals surface area contributed by atoms with Gasteiger partial charge >= 0.3 is 0 Å². The predicted molar refractivity (Wildman–Crippen MR) is 133 cm³/mol. The fourth-order valence-electron chi connectivity index (χ4n) is 4.40. The van der Waals surface area contributed by atoms with Crippen LogP contribution in [0.5, 0.6) is 0 Å². The Bertz CT molecular complexity index is 1560. The first-order valence-electron chi connectivity index (χ1n) is 10.8. The van der Waals surface area contributed by atoms with Gasteiger partial charge in [0.15, 0.2) is 0 Å². The summed E-state index contributed by atoms with van der Waals surface area (Å²) in [4.78, 5) is 9.25. The predicted octanol–water partition coefficient (Wildman–Crippen LogP) is 7.78. The lowest BCUT2D eigenvalue weighted by atomic mass is 9.94. The molecule has 2 nitrogen and oxygen atoms in total. The molecule has 0 atom stereocenters. The molecule has 0 bridgehead atoms. The molecule has 0 spiro atoms. The maximum absolute atomic E-state index is 4.73. The first-order valence-corrected chi connectivity index (χ1v) is 10.8. The first-order chi connectivity index (χ1) is 15.9. The summed E-state index contributed by atoms with van der Waals surface area (Å²) >= 11 is 0. The van der Waals surface area contributed by atoms with Gasteiger partial charge in [-0.25, -0.2) is 0 Å². The second kappa shape index (κ2) is 7.75. The highest BCUT2D eigenvalue weighted by atomic mass is 14.7. The summed E-state index contributed by atoms with van der Waals surface area (Å²) in [5.41, 5.74) is 6.64. The van der Waals surface area contributed by atoms with Gasteiger partial charge in [0.2, 0.25) is 0 Å². The Morgan fingerprint density at radius 3 is 2.19 bits per heavy atom. The maximum atomic E-state index is 4.73. The fraction of sp³-hybridized carbons (Fsp3) is 0. The van der Waals surface area contributed by atoms with E-state index in [2.05, 4.69) is 96.0 Å². The van der Waals surface area contributed by atoms with Crippen LogP contribution in [-0.4, -0.2) is 9.97 Å². The summed E-state index contributed by atoms with van der Waals surface area (Å²) in [6, 6.07) is 38.2. The SMILES string of the molecule is c1ccc(-c2cccc(-c3cccc4ccc(-c5nccc6ccccc56)cc34)c2)nc1. The van der Waals surface area contributed by atoms with Crippen molar-refractivity contribution in [1.29, 1.82) is 0 Å². The average Bonchev–Trinajstić information content (AvgIpc) is 2.88. The maximum Gasteiger partial charge on any atom is 0.0780 e. The van der Waals surface area contributed by atoms with E-state index in [-0.39, 0.29) is 0 Å². The van der Waals surface area contributed by atoms with Crippen LogP contribution in [0.3, 0.4) is 0 Å². The number of fused-ring (bicyclic) bond motifs is 2. The standard InChI is InChI=1S/C30H20N2/c1-2-11-27-22(7-1)16-18-32-30(27)25-15-14-21-8-6-12-26(28(21)20-25)23-9-5-10-24(19-23)29-13-3-4-17-31-29/h1-20H. The lowest BCUT2D eigenvalue weighted by Crippen LogP contribution is -1.88. The molecule has 0 saturated carbocycles. The molecule has 0 amide bonds. The van der Waals surface area contributed by atoms with Crippen LogP contribution in [-0.2, 0) is 0 Å². The van der Waals surface area contributed by atoms with E-state index in [9.17, 15) is 0 Å². The van der Waals surface area contributed by atoms with Gasteiger partial charge in [0.25, 0.3) is 0 Å². The Morgan fingerprint density at radius 1 is 0.438 bits per heavy atom. The van der Waals surface area contributed by atoms with E-state index < -0.39 is 0 Å². The zero-order valence-electron chi connectivity index (χ0n) is 17.4. The van der Waals surface area contributed by atoms with Crippen molar-refractivity contribution in [2.24, 2.45) is 0 Å². The van der Waals surface area contributed by atoms with E-state index >= 15 is 0 Å². The Morgan fingerprint density at radius 2 is 1.25 bits per heavy atom. The van der Waals surface area contributed by atoms with Crippen LogP contribution in [0.15, 0.2) is 122 Å². The molecule has 2 heterocycles. The Kier molecular flexibility index (Phi) is 4.47. The smallest absolute Gasteiger partial charge is 0.0780 e. The zero-order chi connectivity index (χ0) is 21.3. The van der Waals surface area contributed by atoms with Gasteiger partial charge in [-0.05, 0) is 57.6 Å². The number of nitrogens with zero attached hydrogens (tertiary/aromatic N) is 2. The molecule has 0 fully saturated rings. The molecule has 2 heteroatoms. The molecule has 0 aliphatic rings. The van der Waals surface area contributed by atoms with E-state index in [1.807, 2.05) is 30.6 Å². The largest absolute Gasteiger partial charge is 0.256 e. The molecule has 4 aromatic carbocycles. The third kappa shape index (κ3) is 3.23. The molecular weight excluding hydrogens is 388 g/mol. The van der Waals surface area contributed by atoms with Crippen molar-refractivity contribution in [2.75, 3.05) is 0 Å². The highest BCUT2D eigenvalue weighted by molar-refractivity contribution is 6.02. The van der Waals surface area contributed by atoms with E-state index in [1.165, 1.54) is 32.7 Å². The van der Waals surface area contributed by atoms with Crippen LogP contribution in [0.25, 0.3) is 55.2 Å². The van der Waals surface area contributed by atoms with Crippen molar-refractivity contribution in [1.82, 2.24) is 9.97 Å². The minimum Gasteiger partial charge on any atom is -0.256 e. The van der Waals surface area contributed by atoms with Gasteiger partial charge in [0.1, 0.15) is 0 Å². The van der Waals surface area contributed by atoms with Gasteiger partial charge in [-0.2, -0.15) is 0 Å². The molecular formula is C30H20N2. The summed E-state index contributed by atoms with van der Waals surface area (Å²) in [6.45, 7) is 0. The Balaban J connectivity index is 1.54. The van der Waals surface area contributed by atoms with Gasteiger partial charge in [-0.3, -0.25) is 9.97 Å². The zero-order valence-corrected chi connectivity index (χ0v) is 17.4. The quantitative estimate of drug-likeness (QED) is 0.299. The topological polar surface area (TPSA) is 25.8 Å². The lowest BCUT2D eigenvalue weighted by Gasteiger charge is -2.11. The fourth-order valence-corrected chi connectivity index (χ4v) is 4.40. The van der Waals surface area contributed by atoms with Gasteiger partial charge in [0, 0.05) is 28.9 Å². The van der Waals surface area contributed by atoms with Gasteiger partial charge < -0.3 is 0 Å². The Labute approximate surface area is 186 Å². The minimum atomic E-state index is 0.982. The van der Waals surface area contributed by atoms with Crippen molar-refractivity contribution < 1.29 is 0 Å². The molecule has 6 rings (SSSR count). The molecule has 32 heavy (non-hydrogen) atoms. The molecule has 6 aromatic rings. The molecule has 0 aliphatic carbocycles. The van der Waals surface area contributed by atoms with Crippen LogP contribution < -0.4 is 0 Å². The second-order valence-corrected chi connectivity index (χ2v) is 7.92. The molecule has 0 radical (unpaired) electrons. The van der Waals surface area contributed by atoms with Crippen LogP contribution in [0.4, 0.5) is 0 Å². The molecule has 150 valence electrons. The van der Waals surface area contributed by atoms with Crippen LogP contribution in [0.1, 0.15) is 0 Å². The van der Waals surface area contributed by atoms with Crippen molar-refractivity contribution in [3.8, 4) is 33.6 Å². The summed E-state index contributed by atoms with van der Waals surface area (Å²) in [7, 11) is 0. The number of hydrogen-bond acceptors (Lipinski definition) is 2. The summed E-state index contributed by atoms with van der Waals surface area (Å²) in [5.74, 6) is 0. The van der Waals surface area contributed by atoms with Crippen LogP contribution in [0.2, 0.25) is 0 Å². The average molecular weight is 409 g/mol. The summed E-state index contributed by atoms with van der Waals surface area (Å²) in [5, 5.41) is 4.81.